The van der Waals surface area contributed by atoms with Gasteiger partial charge in [-0.05, 0) is 120 Å². The predicted octanol–water partition coefficient (Wildman–Crippen LogP) is 14.0. The molecule has 0 spiro atoms. The summed E-state index contributed by atoms with van der Waals surface area (Å²) in [5, 5.41) is 14.1. The molecule has 0 fully saturated rings. The van der Waals surface area contributed by atoms with Crippen molar-refractivity contribution in [1.29, 1.82) is 0 Å². The van der Waals surface area contributed by atoms with Gasteiger partial charge in [0.1, 0.15) is 0 Å². The molecule has 9 aromatic rings. The standard InChI is InChI=1S/C50H39N/c1-3-50(2,42-28-24-37(25-29-42)49-46-18-10-6-14-40(46)33-41-15-7-11-19-47(41)49)51-43-30-26-35(27-31-43)34-20-22-36(23-21-34)48-44-16-8-4-12-38(44)32-39-13-5-9-17-45(39)48/h4-33,51H,3H2,1-2H3. The van der Waals surface area contributed by atoms with Crippen LogP contribution in [0.4, 0.5) is 5.69 Å². The number of anilines is 1. The van der Waals surface area contributed by atoms with E-state index in [4.69, 9.17) is 0 Å². The van der Waals surface area contributed by atoms with Crippen molar-refractivity contribution in [3.63, 3.8) is 0 Å². The molecule has 1 nitrogen and oxygen atoms in total. The molecule has 51 heavy (non-hydrogen) atoms. The average Bonchev–Trinajstić information content (AvgIpc) is 3.19. The molecular weight excluding hydrogens is 615 g/mol. The highest BCUT2D eigenvalue weighted by Gasteiger charge is 2.25. The molecule has 0 aliphatic rings. The van der Waals surface area contributed by atoms with E-state index in [1.807, 2.05) is 0 Å². The molecule has 0 heterocycles. The molecular formula is C50H39N. The van der Waals surface area contributed by atoms with Gasteiger partial charge in [0.05, 0.1) is 5.54 Å². The van der Waals surface area contributed by atoms with Crippen LogP contribution < -0.4 is 5.32 Å². The van der Waals surface area contributed by atoms with Crippen molar-refractivity contribution in [3.8, 4) is 33.4 Å². The summed E-state index contributed by atoms with van der Waals surface area (Å²) in [5.41, 5.74) is 9.68. The van der Waals surface area contributed by atoms with Gasteiger partial charge in [-0.25, -0.2) is 0 Å². The van der Waals surface area contributed by atoms with E-state index in [0.717, 1.165) is 12.1 Å². The lowest BCUT2D eigenvalue weighted by Crippen LogP contribution is -2.30. The van der Waals surface area contributed by atoms with Crippen LogP contribution in [-0.2, 0) is 5.54 Å². The predicted molar refractivity (Wildman–Crippen MR) is 220 cm³/mol. The van der Waals surface area contributed by atoms with Crippen LogP contribution in [0.3, 0.4) is 0 Å². The Morgan fingerprint density at radius 1 is 0.392 bits per heavy atom. The van der Waals surface area contributed by atoms with Gasteiger partial charge in [-0.1, -0.05) is 165 Å². The topological polar surface area (TPSA) is 12.0 Å². The highest BCUT2D eigenvalue weighted by molar-refractivity contribution is 6.13. The van der Waals surface area contributed by atoms with E-state index in [1.165, 1.54) is 82.0 Å². The van der Waals surface area contributed by atoms with E-state index in [0.29, 0.717) is 0 Å². The third-order valence-electron chi connectivity index (χ3n) is 10.9. The molecule has 9 aromatic carbocycles. The van der Waals surface area contributed by atoms with Gasteiger partial charge in [-0.3, -0.25) is 0 Å². The summed E-state index contributed by atoms with van der Waals surface area (Å²) < 4.78 is 0. The molecule has 1 atom stereocenters. The van der Waals surface area contributed by atoms with E-state index in [-0.39, 0.29) is 5.54 Å². The number of hydrogen-bond donors (Lipinski definition) is 1. The number of nitrogens with one attached hydrogen (secondary N) is 1. The van der Waals surface area contributed by atoms with Crippen molar-refractivity contribution >= 4 is 48.8 Å². The van der Waals surface area contributed by atoms with Crippen LogP contribution in [0.15, 0.2) is 182 Å². The van der Waals surface area contributed by atoms with Gasteiger partial charge >= 0.3 is 0 Å². The Bertz CT molecular complexity index is 2580. The van der Waals surface area contributed by atoms with Crippen LogP contribution in [-0.4, -0.2) is 0 Å². The molecule has 0 amide bonds. The summed E-state index contributed by atoms with van der Waals surface area (Å²) in [6.07, 6.45) is 0.954. The summed E-state index contributed by atoms with van der Waals surface area (Å²) in [5.74, 6) is 0. The number of rotatable bonds is 7. The lowest BCUT2D eigenvalue weighted by Gasteiger charge is -2.32. The fourth-order valence-corrected chi connectivity index (χ4v) is 7.91. The molecule has 0 aliphatic carbocycles. The summed E-state index contributed by atoms with van der Waals surface area (Å²) in [6.45, 7) is 4.56. The Kier molecular flexibility index (Phi) is 7.63. The summed E-state index contributed by atoms with van der Waals surface area (Å²) >= 11 is 0. The van der Waals surface area contributed by atoms with Gasteiger partial charge < -0.3 is 5.32 Å². The van der Waals surface area contributed by atoms with Crippen molar-refractivity contribution in [2.24, 2.45) is 0 Å². The lowest BCUT2D eigenvalue weighted by atomic mass is 9.86. The second-order valence-electron chi connectivity index (χ2n) is 13.9. The first-order valence-electron chi connectivity index (χ1n) is 18.0. The number of benzene rings is 9. The quantitative estimate of drug-likeness (QED) is 0.169. The van der Waals surface area contributed by atoms with Crippen molar-refractivity contribution in [3.05, 3.63) is 188 Å². The SMILES string of the molecule is CCC(C)(Nc1ccc(-c2ccc(-c3c4ccccc4cc4ccccc34)cc2)cc1)c1ccc(-c2c3ccccc3cc3ccccc23)cc1. The largest absolute Gasteiger partial charge is 0.376 e. The molecule has 244 valence electrons. The van der Waals surface area contributed by atoms with Crippen LogP contribution in [0.1, 0.15) is 25.8 Å². The fraction of sp³-hybridized carbons (Fsp3) is 0.0800. The first kappa shape index (κ1) is 30.8. The third kappa shape index (κ3) is 5.52. The zero-order chi connectivity index (χ0) is 34.4. The fourth-order valence-electron chi connectivity index (χ4n) is 7.91. The highest BCUT2D eigenvalue weighted by atomic mass is 15.0. The molecule has 1 heteroatoms. The molecule has 0 saturated heterocycles. The van der Waals surface area contributed by atoms with E-state index in [9.17, 15) is 0 Å². The Morgan fingerprint density at radius 3 is 1.12 bits per heavy atom. The van der Waals surface area contributed by atoms with Crippen molar-refractivity contribution in [1.82, 2.24) is 0 Å². The Balaban J connectivity index is 0.982. The van der Waals surface area contributed by atoms with Crippen LogP contribution in [0.2, 0.25) is 0 Å². The van der Waals surface area contributed by atoms with Gasteiger partial charge in [0.15, 0.2) is 0 Å². The maximum Gasteiger partial charge on any atom is 0.0594 e. The lowest BCUT2D eigenvalue weighted by molar-refractivity contribution is 0.523. The van der Waals surface area contributed by atoms with Crippen molar-refractivity contribution in [2.45, 2.75) is 25.8 Å². The number of fused-ring (bicyclic) bond motifs is 4. The van der Waals surface area contributed by atoms with Crippen LogP contribution in [0, 0.1) is 0 Å². The monoisotopic (exact) mass is 653 g/mol. The van der Waals surface area contributed by atoms with E-state index >= 15 is 0 Å². The Morgan fingerprint density at radius 2 is 0.725 bits per heavy atom. The van der Waals surface area contributed by atoms with Gasteiger partial charge in [-0.2, -0.15) is 0 Å². The van der Waals surface area contributed by atoms with Gasteiger partial charge in [0.2, 0.25) is 0 Å². The van der Waals surface area contributed by atoms with E-state index in [2.05, 4.69) is 201 Å². The maximum atomic E-state index is 3.88. The normalized spacial score (nSPS) is 12.7. The smallest absolute Gasteiger partial charge is 0.0594 e. The highest BCUT2D eigenvalue weighted by Crippen LogP contribution is 2.40. The van der Waals surface area contributed by atoms with Gasteiger partial charge in [0.25, 0.3) is 0 Å². The summed E-state index contributed by atoms with van der Waals surface area (Å²) in [7, 11) is 0. The van der Waals surface area contributed by atoms with Crippen LogP contribution in [0.25, 0.3) is 76.5 Å². The van der Waals surface area contributed by atoms with Gasteiger partial charge in [0, 0.05) is 5.69 Å². The van der Waals surface area contributed by atoms with E-state index < -0.39 is 0 Å². The first-order valence-corrected chi connectivity index (χ1v) is 18.0. The van der Waals surface area contributed by atoms with Gasteiger partial charge in [-0.15, -0.1) is 0 Å². The van der Waals surface area contributed by atoms with Crippen LogP contribution >= 0.6 is 0 Å². The average molecular weight is 654 g/mol. The third-order valence-corrected chi connectivity index (χ3v) is 10.9. The minimum atomic E-state index is -0.219. The molecule has 0 bridgehead atoms. The zero-order valence-corrected chi connectivity index (χ0v) is 29.0. The Labute approximate surface area is 299 Å². The second kappa shape index (κ2) is 12.6. The van der Waals surface area contributed by atoms with Crippen molar-refractivity contribution in [2.75, 3.05) is 5.32 Å². The van der Waals surface area contributed by atoms with Crippen LogP contribution in [0.5, 0.6) is 0 Å². The minimum absolute atomic E-state index is 0.219. The molecule has 1 N–H and O–H groups in total. The van der Waals surface area contributed by atoms with Crippen molar-refractivity contribution < 1.29 is 0 Å². The maximum absolute atomic E-state index is 3.88. The zero-order valence-electron chi connectivity index (χ0n) is 29.0. The second-order valence-corrected chi connectivity index (χ2v) is 13.9. The summed E-state index contributed by atoms with van der Waals surface area (Å²) in [4.78, 5) is 0. The minimum Gasteiger partial charge on any atom is -0.376 e. The molecule has 1 unspecified atom stereocenters. The summed E-state index contributed by atoms with van der Waals surface area (Å²) in [6, 6.07) is 66.6. The molecule has 0 aromatic heterocycles. The molecule has 0 saturated carbocycles. The Hall–Kier alpha value is -6.18. The van der Waals surface area contributed by atoms with E-state index in [1.54, 1.807) is 0 Å². The molecule has 9 rings (SSSR count). The molecule has 0 radical (unpaired) electrons. The number of hydrogen-bond acceptors (Lipinski definition) is 1. The first-order chi connectivity index (χ1) is 25.1. The molecule has 0 aliphatic heterocycles.